The lowest BCUT2D eigenvalue weighted by atomic mass is 10.1. The van der Waals surface area contributed by atoms with Crippen LogP contribution in [0.5, 0.6) is 0 Å². The van der Waals surface area contributed by atoms with E-state index in [9.17, 15) is 31.4 Å². The molecule has 29 heavy (non-hydrogen) atoms. The molecule has 1 atom stereocenters. The van der Waals surface area contributed by atoms with Gasteiger partial charge in [0.2, 0.25) is 11.5 Å². The zero-order chi connectivity index (χ0) is 21.4. The minimum absolute atomic E-state index is 0.290. The number of aliphatic hydroxyl groups is 1. The van der Waals surface area contributed by atoms with Crippen LogP contribution in [0.25, 0.3) is 10.4 Å². The van der Waals surface area contributed by atoms with Crippen molar-refractivity contribution in [3.05, 3.63) is 53.4 Å². The van der Waals surface area contributed by atoms with Crippen molar-refractivity contribution in [1.29, 1.82) is 0 Å². The average Bonchev–Trinajstić information content (AvgIpc) is 3.11. The van der Waals surface area contributed by atoms with E-state index in [1.54, 1.807) is 12.1 Å². The van der Waals surface area contributed by atoms with E-state index in [1.165, 1.54) is 18.3 Å². The lowest BCUT2D eigenvalue weighted by molar-refractivity contribution is -0.258. The Morgan fingerprint density at radius 1 is 1.03 bits per heavy atom. The molecule has 0 saturated heterocycles. The lowest BCUT2D eigenvalue weighted by Crippen LogP contribution is -2.39. The Kier molecular flexibility index (Phi) is 5.26. The summed E-state index contributed by atoms with van der Waals surface area (Å²) in [5.41, 5.74) is -3.45. The van der Waals surface area contributed by atoms with Crippen LogP contribution in [0.3, 0.4) is 0 Å². The van der Waals surface area contributed by atoms with Gasteiger partial charge in [-0.3, -0.25) is 0 Å². The van der Waals surface area contributed by atoms with Crippen LogP contribution in [-0.4, -0.2) is 26.2 Å². The molecule has 0 aliphatic carbocycles. The third-order valence-electron chi connectivity index (χ3n) is 3.82. The summed E-state index contributed by atoms with van der Waals surface area (Å²) >= 11 is 0.652. The molecule has 2 heterocycles. The van der Waals surface area contributed by atoms with Gasteiger partial charge < -0.3 is 10.4 Å². The topological polar surface area (TPSA) is 70.9 Å². The number of alkyl halides is 6. The predicted octanol–water partition coefficient (Wildman–Crippen LogP) is 5.13. The van der Waals surface area contributed by atoms with E-state index in [0.29, 0.717) is 34.4 Å². The molecule has 0 saturated carbocycles. The van der Waals surface area contributed by atoms with Gasteiger partial charge in [0.15, 0.2) is 0 Å². The highest BCUT2D eigenvalue weighted by atomic mass is 32.1. The molecular formula is C17H12F6N4OS. The molecule has 1 unspecified atom stereocenters. The van der Waals surface area contributed by atoms with Crippen LogP contribution >= 0.6 is 11.3 Å². The fourth-order valence-corrected chi connectivity index (χ4v) is 3.19. The highest BCUT2D eigenvalue weighted by Gasteiger charge is 2.53. The van der Waals surface area contributed by atoms with Crippen molar-refractivity contribution < 1.29 is 31.4 Å². The van der Waals surface area contributed by atoms with E-state index < -0.39 is 28.7 Å². The maximum Gasteiger partial charge on any atom is 0.433 e. The predicted molar refractivity (Wildman–Crippen MR) is 93.5 cm³/mol. The number of halogens is 6. The monoisotopic (exact) mass is 434 g/mol. The first-order valence-corrected chi connectivity index (χ1v) is 8.73. The Morgan fingerprint density at radius 2 is 1.76 bits per heavy atom. The third kappa shape index (κ3) is 4.48. The van der Waals surface area contributed by atoms with Crippen LogP contribution < -0.4 is 5.32 Å². The van der Waals surface area contributed by atoms with E-state index >= 15 is 0 Å². The summed E-state index contributed by atoms with van der Waals surface area (Å²) in [5, 5.41) is 11.8. The molecule has 1 aromatic carbocycles. The number of hydrogen-bond donors (Lipinski definition) is 2. The number of aromatic nitrogens is 3. The van der Waals surface area contributed by atoms with E-state index in [2.05, 4.69) is 20.3 Å². The minimum Gasteiger partial charge on any atom is -0.375 e. The Bertz CT molecular complexity index is 1020. The number of anilines is 2. The fourth-order valence-electron chi connectivity index (χ4n) is 2.21. The number of nitrogens with zero attached hydrogens (tertiary/aromatic N) is 3. The molecular weight excluding hydrogens is 422 g/mol. The first kappa shape index (κ1) is 21.0. The molecule has 3 aromatic rings. The maximum absolute atomic E-state index is 13.0. The molecule has 154 valence electrons. The maximum atomic E-state index is 13.0. The van der Waals surface area contributed by atoms with Crippen LogP contribution in [0.15, 0.2) is 42.7 Å². The molecule has 0 fully saturated rings. The molecule has 0 aliphatic heterocycles. The molecule has 2 aromatic heterocycles. The Hall–Kier alpha value is -2.73. The van der Waals surface area contributed by atoms with Crippen molar-refractivity contribution in [1.82, 2.24) is 15.0 Å². The van der Waals surface area contributed by atoms with Gasteiger partial charge in [-0.15, -0.1) is 11.3 Å². The van der Waals surface area contributed by atoms with Gasteiger partial charge in [0.05, 0.1) is 4.88 Å². The Balaban J connectivity index is 1.86. The number of hydrogen-bond acceptors (Lipinski definition) is 6. The molecule has 0 radical (unpaired) electrons. The van der Waals surface area contributed by atoms with Crippen molar-refractivity contribution in [3.8, 4) is 10.4 Å². The number of nitrogens with one attached hydrogen (secondary N) is 1. The SMILES string of the molecule is CC(O)(c1ncc(-c2cccc(Nc3nccc(C(F)(F)F)n3)c2)s1)C(F)(F)F. The fraction of sp³-hybridized carbons (Fsp3) is 0.235. The van der Waals surface area contributed by atoms with Crippen molar-refractivity contribution in [2.75, 3.05) is 5.32 Å². The quantitative estimate of drug-likeness (QED) is 0.557. The van der Waals surface area contributed by atoms with Gasteiger partial charge >= 0.3 is 12.4 Å². The zero-order valence-corrected chi connectivity index (χ0v) is 15.3. The Morgan fingerprint density at radius 3 is 2.41 bits per heavy atom. The third-order valence-corrected chi connectivity index (χ3v) is 5.08. The van der Waals surface area contributed by atoms with Crippen LogP contribution in [0.2, 0.25) is 0 Å². The van der Waals surface area contributed by atoms with Crippen molar-refractivity contribution in [2.45, 2.75) is 24.9 Å². The molecule has 2 N–H and O–H groups in total. The second-order valence-corrected chi connectivity index (χ2v) is 7.10. The van der Waals surface area contributed by atoms with Crippen LogP contribution in [0.4, 0.5) is 38.0 Å². The summed E-state index contributed by atoms with van der Waals surface area (Å²) < 4.78 is 77.2. The van der Waals surface area contributed by atoms with E-state index in [1.807, 2.05) is 0 Å². The molecule has 3 rings (SSSR count). The normalized spacial score (nSPS) is 14.5. The summed E-state index contributed by atoms with van der Waals surface area (Å²) in [4.78, 5) is 11.1. The second-order valence-electron chi connectivity index (χ2n) is 6.07. The van der Waals surface area contributed by atoms with Crippen molar-refractivity contribution in [3.63, 3.8) is 0 Å². The van der Waals surface area contributed by atoms with Gasteiger partial charge in [-0.05, 0) is 30.7 Å². The molecule has 0 spiro atoms. The van der Waals surface area contributed by atoms with Gasteiger partial charge in [0.25, 0.3) is 0 Å². The van der Waals surface area contributed by atoms with Gasteiger partial charge in [0, 0.05) is 18.1 Å². The first-order valence-electron chi connectivity index (χ1n) is 7.91. The standard InChI is InChI=1S/C17H12F6N4OS/c1-15(28,17(21,22)23)13-25-8-11(29-13)9-3-2-4-10(7-9)26-14-24-6-5-12(27-14)16(18,19)20/h2-8,28H,1H3,(H,24,26,27). The van der Waals surface area contributed by atoms with Gasteiger partial charge in [0.1, 0.15) is 10.7 Å². The number of benzene rings is 1. The minimum atomic E-state index is -4.90. The lowest BCUT2D eigenvalue weighted by Gasteiger charge is -2.23. The Labute approximate surface area is 164 Å². The average molecular weight is 434 g/mol. The summed E-state index contributed by atoms with van der Waals surface area (Å²) in [6, 6.07) is 6.88. The van der Waals surface area contributed by atoms with Gasteiger partial charge in [-0.25, -0.2) is 15.0 Å². The second kappa shape index (κ2) is 7.26. The molecule has 12 heteroatoms. The van der Waals surface area contributed by atoms with Crippen molar-refractivity contribution >= 4 is 23.0 Å². The first-order chi connectivity index (χ1) is 13.4. The summed E-state index contributed by atoms with van der Waals surface area (Å²) in [5.74, 6) is -0.290. The molecule has 0 bridgehead atoms. The largest absolute Gasteiger partial charge is 0.433 e. The van der Waals surface area contributed by atoms with Crippen LogP contribution in [0, 0.1) is 0 Å². The summed E-state index contributed by atoms with van der Waals surface area (Å²) in [6.07, 6.45) is -7.39. The van der Waals surface area contributed by atoms with Crippen LogP contribution in [0.1, 0.15) is 17.6 Å². The van der Waals surface area contributed by atoms with Crippen molar-refractivity contribution in [2.24, 2.45) is 0 Å². The van der Waals surface area contributed by atoms with Crippen LogP contribution in [-0.2, 0) is 11.8 Å². The smallest absolute Gasteiger partial charge is 0.375 e. The highest BCUT2D eigenvalue weighted by Crippen LogP contribution is 2.42. The van der Waals surface area contributed by atoms with E-state index in [-0.39, 0.29) is 5.95 Å². The molecule has 0 amide bonds. The summed E-state index contributed by atoms with van der Waals surface area (Å²) in [6.45, 7) is 0.610. The zero-order valence-electron chi connectivity index (χ0n) is 14.5. The number of rotatable bonds is 4. The van der Waals surface area contributed by atoms with E-state index in [0.717, 1.165) is 12.3 Å². The van der Waals surface area contributed by atoms with Gasteiger partial charge in [-0.2, -0.15) is 26.3 Å². The van der Waals surface area contributed by atoms with Gasteiger partial charge in [-0.1, -0.05) is 12.1 Å². The highest BCUT2D eigenvalue weighted by molar-refractivity contribution is 7.15. The number of thiazole rings is 1. The molecule has 0 aliphatic rings. The van der Waals surface area contributed by atoms with E-state index in [4.69, 9.17) is 0 Å². The summed E-state index contributed by atoms with van der Waals surface area (Å²) in [7, 11) is 0. The molecule has 5 nitrogen and oxygen atoms in total.